The fourth-order valence-corrected chi connectivity index (χ4v) is 3.05. The molecule has 0 bridgehead atoms. The molecular weight excluding hydrogens is 250 g/mol. The summed E-state index contributed by atoms with van der Waals surface area (Å²) in [6, 6.07) is 0.747. The zero-order valence-corrected chi connectivity index (χ0v) is 13.2. The molecule has 20 heavy (non-hydrogen) atoms. The van der Waals surface area contributed by atoms with Gasteiger partial charge in [0.25, 0.3) is 0 Å². The molecule has 1 saturated heterocycles. The van der Waals surface area contributed by atoms with E-state index in [1.807, 2.05) is 11.7 Å². The molecule has 1 unspecified atom stereocenters. The fraction of sp³-hybridized carbons (Fsp3) is 0.800. The minimum atomic E-state index is 0.747. The Morgan fingerprint density at radius 2 is 2.20 bits per heavy atom. The van der Waals surface area contributed by atoms with Crippen LogP contribution in [0, 0.1) is 0 Å². The number of hydrogen-bond acceptors (Lipinski definition) is 4. The summed E-state index contributed by atoms with van der Waals surface area (Å²) in [5, 5.41) is 7.87. The maximum Gasteiger partial charge on any atom is 0.147 e. The number of aromatic nitrogens is 2. The third-order valence-electron chi connectivity index (χ3n) is 4.35. The van der Waals surface area contributed by atoms with Crippen molar-refractivity contribution in [2.24, 2.45) is 7.05 Å². The van der Waals surface area contributed by atoms with Crippen LogP contribution in [0.4, 0.5) is 11.5 Å². The highest BCUT2D eigenvalue weighted by molar-refractivity contribution is 5.64. The van der Waals surface area contributed by atoms with E-state index in [1.165, 1.54) is 32.4 Å². The van der Waals surface area contributed by atoms with Crippen LogP contribution < -0.4 is 11.1 Å². The summed E-state index contributed by atoms with van der Waals surface area (Å²) in [5.74, 6) is 0.966. The first-order valence-electron chi connectivity index (χ1n) is 7.92. The van der Waals surface area contributed by atoms with Gasteiger partial charge >= 0.3 is 0 Å². The molecule has 0 aromatic carbocycles. The highest BCUT2D eigenvalue weighted by Gasteiger charge is 2.17. The Balaban J connectivity index is 1.77. The number of piperidine rings is 1. The lowest BCUT2D eigenvalue weighted by molar-refractivity contribution is 0.160. The summed E-state index contributed by atoms with van der Waals surface area (Å²) in [7, 11) is 1.95. The van der Waals surface area contributed by atoms with E-state index in [1.54, 1.807) is 0 Å². The van der Waals surface area contributed by atoms with Gasteiger partial charge in [-0.15, -0.1) is 0 Å². The van der Waals surface area contributed by atoms with Gasteiger partial charge in [0, 0.05) is 26.2 Å². The van der Waals surface area contributed by atoms with Crippen LogP contribution in [-0.4, -0.2) is 40.4 Å². The van der Waals surface area contributed by atoms with Crippen molar-refractivity contribution in [3.8, 4) is 0 Å². The van der Waals surface area contributed by atoms with Crippen molar-refractivity contribution in [3.05, 3.63) is 5.69 Å². The summed E-state index contributed by atoms with van der Waals surface area (Å²) in [5.41, 5.74) is 7.90. The van der Waals surface area contributed by atoms with E-state index in [0.717, 1.165) is 42.6 Å². The van der Waals surface area contributed by atoms with E-state index in [2.05, 4.69) is 29.2 Å². The summed E-state index contributed by atoms with van der Waals surface area (Å²) in [4.78, 5) is 2.61. The minimum absolute atomic E-state index is 0.747. The van der Waals surface area contributed by atoms with E-state index in [9.17, 15) is 0 Å². The Kier molecular flexibility index (Phi) is 5.29. The van der Waals surface area contributed by atoms with E-state index < -0.39 is 0 Å². The molecule has 1 aliphatic heterocycles. The molecule has 1 aromatic rings. The van der Waals surface area contributed by atoms with Crippen molar-refractivity contribution in [1.29, 1.82) is 0 Å². The number of nitrogen functional groups attached to an aromatic ring is 1. The van der Waals surface area contributed by atoms with E-state index >= 15 is 0 Å². The molecule has 2 heterocycles. The van der Waals surface area contributed by atoms with Gasteiger partial charge in [0.2, 0.25) is 0 Å². The third kappa shape index (κ3) is 3.45. The second-order valence-electron chi connectivity index (χ2n) is 5.85. The normalized spacial score (nSPS) is 20.2. The number of nitrogens with zero attached hydrogens (tertiary/aromatic N) is 3. The third-order valence-corrected chi connectivity index (χ3v) is 4.35. The van der Waals surface area contributed by atoms with E-state index in [-0.39, 0.29) is 0 Å². The topological polar surface area (TPSA) is 59.1 Å². The second-order valence-corrected chi connectivity index (χ2v) is 5.85. The summed E-state index contributed by atoms with van der Waals surface area (Å²) in [6.07, 6.45) is 6.12. The molecular formula is C15H29N5. The number of aryl methyl sites for hydroxylation is 2. The predicted molar refractivity (Wildman–Crippen MR) is 85.0 cm³/mol. The van der Waals surface area contributed by atoms with Crippen molar-refractivity contribution in [3.63, 3.8) is 0 Å². The molecule has 5 heteroatoms. The lowest BCUT2D eigenvalue weighted by Gasteiger charge is -2.33. The molecule has 1 atom stereocenters. The Labute approximate surface area is 122 Å². The summed E-state index contributed by atoms with van der Waals surface area (Å²) >= 11 is 0. The van der Waals surface area contributed by atoms with Crippen LogP contribution in [-0.2, 0) is 13.5 Å². The lowest BCUT2D eigenvalue weighted by atomic mass is 10.0. The minimum Gasteiger partial charge on any atom is -0.394 e. The molecule has 0 saturated carbocycles. The summed E-state index contributed by atoms with van der Waals surface area (Å²) in [6.45, 7) is 7.82. The van der Waals surface area contributed by atoms with Gasteiger partial charge in [-0.3, -0.25) is 4.68 Å². The van der Waals surface area contributed by atoms with E-state index in [4.69, 9.17) is 5.73 Å². The first-order valence-corrected chi connectivity index (χ1v) is 7.92. The standard InChI is InChI=1S/C15H29N5/c1-4-13-14(16)15(19(3)18-13)17-9-7-11-20-10-6-5-8-12(20)2/h12,17H,4-11,16H2,1-3H3. The largest absolute Gasteiger partial charge is 0.394 e. The van der Waals surface area contributed by atoms with Gasteiger partial charge in [-0.1, -0.05) is 13.3 Å². The first kappa shape index (κ1) is 15.2. The van der Waals surface area contributed by atoms with Gasteiger partial charge < -0.3 is 16.0 Å². The Morgan fingerprint density at radius 3 is 2.85 bits per heavy atom. The highest BCUT2D eigenvalue weighted by Crippen LogP contribution is 2.22. The molecule has 5 nitrogen and oxygen atoms in total. The fourth-order valence-electron chi connectivity index (χ4n) is 3.05. The zero-order chi connectivity index (χ0) is 14.5. The predicted octanol–water partition coefficient (Wildman–Crippen LogP) is 2.24. The first-order chi connectivity index (χ1) is 9.63. The van der Waals surface area contributed by atoms with E-state index in [0.29, 0.717) is 0 Å². The van der Waals surface area contributed by atoms with Gasteiger partial charge in [-0.05, 0) is 39.2 Å². The Morgan fingerprint density at radius 1 is 1.40 bits per heavy atom. The molecule has 0 aliphatic carbocycles. The molecule has 3 N–H and O–H groups in total. The number of nitrogens with one attached hydrogen (secondary N) is 1. The van der Waals surface area contributed by atoms with Crippen molar-refractivity contribution >= 4 is 11.5 Å². The lowest BCUT2D eigenvalue weighted by Crippen LogP contribution is -2.38. The van der Waals surface area contributed by atoms with Crippen molar-refractivity contribution in [1.82, 2.24) is 14.7 Å². The van der Waals surface area contributed by atoms with Crippen LogP contribution >= 0.6 is 0 Å². The van der Waals surface area contributed by atoms with Crippen molar-refractivity contribution in [2.45, 2.75) is 52.0 Å². The van der Waals surface area contributed by atoms with Crippen molar-refractivity contribution in [2.75, 3.05) is 30.7 Å². The van der Waals surface area contributed by atoms with Gasteiger partial charge in [-0.2, -0.15) is 5.10 Å². The molecule has 1 fully saturated rings. The van der Waals surface area contributed by atoms with Gasteiger partial charge in [0.05, 0.1) is 11.4 Å². The number of hydrogen-bond donors (Lipinski definition) is 2. The molecule has 0 radical (unpaired) electrons. The molecule has 1 aliphatic rings. The quantitative estimate of drug-likeness (QED) is 0.784. The van der Waals surface area contributed by atoms with Crippen LogP contribution in [0.3, 0.4) is 0 Å². The van der Waals surface area contributed by atoms with Crippen LogP contribution in [0.1, 0.15) is 45.2 Å². The molecule has 2 rings (SSSR count). The van der Waals surface area contributed by atoms with Crippen LogP contribution in [0.2, 0.25) is 0 Å². The van der Waals surface area contributed by atoms with Crippen LogP contribution in [0.25, 0.3) is 0 Å². The zero-order valence-electron chi connectivity index (χ0n) is 13.2. The number of nitrogens with two attached hydrogens (primary N) is 1. The molecule has 1 aromatic heterocycles. The van der Waals surface area contributed by atoms with Gasteiger partial charge in [0.1, 0.15) is 5.82 Å². The average Bonchev–Trinajstić information content (AvgIpc) is 2.72. The summed E-state index contributed by atoms with van der Waals surface area (Å²) < 4.78 is 1.86. The van der Waals surface area contributed by atoms with Gasteiger partial charge in [-0.25, -0.2) is 0 Å². The molecule has 0 amide bonds. The van der Waals surface area contributed by atoms with Crippen molar-refractivity contribution < 1.29 is 0 Å². The van der Waals surface area contributed by atoms with Crippen LogP contribution in [0.5, 0.6) is 0 Å². The number of likely N-dealkylation sites (tertiary alicyclic amines) is 1. The molecule has 0 spiro atoms. The SMILES string of the molecule is CCc1nn(C)c(NCCCN2CCCCC2C)c1N. The van der Waals surface area contributed by atoms with Gasteiger partial charge in [0.15, 0.2) is 0 Å². The maximum absolute atomic E-state index is 6.11. The monoisotopic (exact) mass is 279 g/mol. The van der Waals surface area contributed by atoms with Crippen LogP contribution in [0.15, 0.2) is 0 Å². The average molecular weight is 279 g/mol. The Bertz CT molecular complexity index is 426. The highest BCUT2D eigenvalue weighted by atomic mass is 15.3. The number of rotatable bonds is 6. The number of anilines is 2. The maximum atomic E-state index is 6.11. The smallest absolute Gasteiger partial charge is 0.147 e. The second kappa shape index (κ2) is 6.97. The molecule has 114 valence electrons. The Hall–Kier alpha value is -1.23.